The first-order valence-electron chi connectivity index (χ1n) is 4.64. The van der Waals surface area contributed by atoms with Gasteiger partial charge in [0.1, 0.15) is 6.29 Å². The molecule has 1 nitrogen and oxygen atoms in total. The van der Waals surface area contributed by atoms with Crippen LogP contribution in [0.5, 0.6) is 0 Å². The fourth-order valence-corrected chi connectivity index (χ4v) is 2.30. The van der Waals surface area contributed by atoms with Crippen LogP contribution in [0.3, 0.4) is 0 Å². The van der Waals surface area contributed by atoms with Crippen LogP contribution in [0.1, 0.15) is 25.7 Å². The van der Waals surface area contributed by atoms with Crippen molar-refractivity contribution in [3.63, 3.8) is 0 Å². The second-order valence-electron chi connectivity index (χ2n) is 3.87. The van der Waals surface area contributed by atoms with Crippen molar-refractivity contribution in [2.75, 3.05) is 0 Å². The summed E-state index contributed by atoms with van der Waals surface area (Å²) in [4.78, 5) is 11.0. The molecule has 0 spiro atoms. The van der Waals surface area contributed by atoms with Crippen LogP contribution in [0.25, 0.3) is 0 Å². The zero-order chi connectivity index (χ0) is 8.44. The van der Waals surface area contributed by atoms with Crippen molar-refractivity contribution in [3.05, 3.63) is 24.3 Å². The first-order valence-corrected chi connectivity index (χ1v) is 4.64. The number of carbonyl (C=O) groups is 1. The van der Waals surface area contributed by atoms with Crippen molar-refractivity contribution in [3.8, 4) is 0 Å². The molecule has 0 heterocycles. The van der Waals surface area contributed by atoms with Gasteiger partial charge in [0.15, 0.2) is 0 Å². The summed E-state index contributed by atoms with van der Waals surface area (Å²) in [5, 5.41) is 0. The van der Waals surface area contributed by atoms with Gasteiger partial charge in [-0.15, -0.1) is 0 Å². The summed E-state index contributed by atoms with van der Waals surface area (Å²) in [6.07, 6.45) is 14.0. The van der Waals surface area contributed by atoms with Gasteiger partial charge in [-0.1, -0.05) is 24.3 Å². The molecule has 2 aliphatic carbocycles. The van der Waals surface area contributed by atoms with E-state index >= 15 is 0 Å². The lowest BCUT2D eigenvalue weighted by Crippen LogP contribution is -2.34. The Kier molecular flexibility index (Phi) is 1.87. The van der Waals surface area contributed by atoms with Gasteiger partial charge in [0.25, 0.3) is 0 Å². The van der Waals surface area contributed by atoms with Crippen molar-refractivity contribution < 1.29 is 4.79 Å². The zero-order valence-electron chi connectivity index (χ0n) is 7.20. The Morgan fingerprint density at radius 2 is 1.67 bits per heavy atom. The van der Waals surface area contributed by atoms with E-state index in [9.17, 15) is 4.79 Å². The standard InChI is InChI=1S/C11H14O/c12-9-11-7-3-1-5-10(11)6-2-4-8-11/h1-4,9-10H,5-8H2. The first-order chi connectivity index (χ1) is 5.87. The smallest absolute Gasteiger partial charge is 0.127 e. The largest absolute Gasteiger partial charge is 0.303 e. The van der Waals surface area contributed by atoms with E-state index in [0.29, 0.717) is 5.92 Å². The van der Waals surface area contributed by atoms with E-state index in [-0.39, 0.29) is 5.41 Å². The number of carbonyl (C=O) groups excluding carboxylic acids is 1. The zero-order valence-corrected chi connectivity index (χ0v) is 7.20. The predicted octanol–water partition coefficient (Wildman–Crippen LogP) is 2.49. The van der Waals surface area contributed by atoms with Crippen LogP contribution in [0.15, 0.2) is 24.3 Å². The Morgan fingerprint density at radius 3 is 2.08 bits per heavy atom. The Bertz CT molecular complexity index is 219. The highest BCUT2D eigenvalue weighted by molar-refractivity contribution is 5.62. The van der Waals surface area contributed by atoms with Gasteiger partial charge in [0.2, 0.25) is 0 Å². The quantitative estimate of drug-likeness (QED) is 0.427. The average molecular weight is 162 g/mol. The third-order valence-electron chi connectivity index (χ3n) is 3.22. The minimum absolute atomic E-state index is 0.0382. The second-order valence-corrected chi connectivity index (χ2v) is 3.87. The van der Waals surface area contributed by atoms with Crippen LogP contribution in [0, 0.1) is 11.3 Å². The van der Waals surface area contributed by atoms with Crippen LogP contribution in [0.4, 0.5) is 0 Å². The molecule has 0 aliphatic heterocycles. The highest BCUT2D eigenvalue weighted by Crippen LogP contribution is 2.44. The van der Waals surface area contributed by atoms with Gasteiger partial charge in [0.05, 0.1) is 0 Å². The van der Waals surface area contributed by atoms with E-state index in [2.05, 4.69) is 24.3 Å². The summed E-state index contributed by atoms with van der Waals surface area (Å²) < 4.78 is 0. The van der Waals surface area contributed by atoms with E-state index in [1.54, 1.807) is 0 Å². The fraction of sp³-hybridized carbons (Fsp3) is 0.545. The summed E-state index contributed by atoms with van der Waals surface area (Å²) in [6.45, 7) is 0. The van der Waals surface area contributed by atoms with Gasteiger partial charge in [-0.3, -0.25) is 0 Å². The lowest BCUT2D eigenvalue weighted by Gasteiger charge is -2.38. The number of aldehydes is 1. The van der Waals surface area contributed by atoms with Crippen LogP contribution in [-0.4, -0.2) is 6.29 Å². The van der Waals surface area contributed by atoms with E-state index < -0.39 is 0 Å². The van der Waals surface area contributed by atoms with Gasteiger partial charge in [-0.2, -0.15) is 0 Å². The van der Waals surface area contributed by atoms with Gasteiger partial charge < -0.3 is 4.79 Å². The van der Waals surface area contributed by atoms with E-state index in [0.717, 1.165) is 25.7 Å². The maximum Gasteiger partial charge on any atom is 0.127 e. The van der Waals surface area contributed by atoms with Crippen molar-refractivity contribution >= 4 is 6.29 Å². The maximum absolute atomic E-state index is 11.0. The molecule has 12 heavy (non-hydrogen) atoms. The molecule has 0 aromatic rings. The Labute approximate surface area is 73.2 Å². The molecule has 2 aliphatic rings. The minimum Gasteiger partial charge on any atom is -0.303 e. The summed E-state index contributed by atoms with van der Waals surface area (Å²) in [5.41, 5.74) is -0.0382. The normalized spacial score (nSPS) is 39.2. The SMILES string of the molecule is O=CC12CC=CCC1CC=CC2. The first kappa shape index (κ1) is 7.78. The third-order valence-corrected chi connectivity index (χ3v) is 3.22. The summed E-state index contributed by atoms with van der Waals surface area (Å²) in [7, 11) is 0. The molecule has 2 rings (SSSR count). The lowest BCUT2D eigenvalue weighted by atomic mass is 9.64. The maximum atomic E-state index is 11.0. The topological polar surface area (TPSA) is 17.1 Å². The third kappa shape index (κ3) is 1.04. The molecule has 0 aromatic heterocycles. The molecule has 0 atom stereocenters. The highest BCUT2D eigenvalue weighted by Gasteiger charge is 2.38. The van der Waals surface area contributed by atoms with Crippen molar-refractivity contribution in [2.24, 2.45) is 11.3 Å². The van der Waals surface area contributed by atoms with Crippen LogP contribution in [0.2, 0.25) is 0 Å². The lowest BCUT2D eigenvalue weighted by molar-refractivity contribution is -0.119. The summed E-state index contributed by atoms with van der Waals surface area (Å²) in [5.74, 6) is 0.574. The van der Waals surface area contributed by atoms with Crippen LogP contribution in [-0.2, 0) is 4.79 Å². The molecule has 0 radical (unpaired) electrons. The van der Waals surface area contributed by atoms with Crippen LogP contribution >= 0.6 is 0 Å². The van der Waals surface area contributed by atoms with Crippen molar-refractivity contribution in [2.45, 2.75) is 25.7 Å². The molecule has 0 aromatic carbocycles. The van der Waals surface area contributed by atoms with Crippen molar-refractivity contribution in [1.29, 1.82) is 0 Å². The number of hydrogen-bond acceptors (Lipinski definition) is 1. The monoisotopic (exact) mass is 162 g/mol. The summed E-state index contributed by atoms with van der Waals surface area (Å²) in [6, 6.07) is 0. The summed E-state index contributed by atoms with van der Waals surface area (Å²) >= 11 is 0. The van der Waals surface area contributed by atoms with Crippen LogP contribution < -0.4 is 0 Å². The molecule has 64 valence electrons. The predicted molar refractivity (Wildman–Crippen MR) is 48.7 cm³/mol. The molecular weight excluding hydrogens is 148 g/mol. The highest BCUT2D eigenvalue weighted by atomic mass is 16.1. The van der Waals surface area contributed by atoms with Gasteiger partial charge in [-0.25, -0.2) is 0 Å². The molecule has 0 saturated heterocycles. The molecule has 0 N–H and O–H groups in total. The molecule has 0 amide bonds. The molecular formula is C11H14O. The number of rotatable bonds is 1. The van der Waals surface area contributed by atoms with Gasteiger partial charge in [0, 0.05) is 5.41 Å². The number of fused-ring (bicyclic) bond motifs is 1. The van der Waals surface area contributed by atoms with Crippen molar-refractivity contribution in [1.82, 2.24) is 0 Å². The Morgan fingerprint density at radius 1 is 1.08 bits per heavy atom. The van der Waals surface area contributed by atoms with E-state index in [1.165, 1.54) is 6.29 Å². The fourth-order valence-electron chi connectivity index (χ4n) is 2.30. The molecule has 0 saturated carbocycles. The van der Waals surface area contributed by atoms with E-state index in [4.69, 9.17) is 0 Å². The average Bonchev–Trinajstić information content (AvgIpc) is 2.18. The second kappa shape index (κ2) is 2.89. The number of allylic oxidation sites excluding steroid dienone is 4. The minimum atomic E-state index is -0.0382. The van der Waals surface area contributed by atoms with E-state index in [1.807, 2.05) is 0 Å². The molecule has 1 heteroatoms. The molecule has 0 unspecified atom stereocenters. The number of hydrogen-bond donors (Lipinski definition) is 0. The Hall–Kier alpha value is -0.850. The van der Waals surface area contributed by atoms with Gasteiger partial charge in [-0.05, 0) is 31.6 Å². The molecule has 0 fully saturated rings. The molecule has 0 bridgehead atoms. The van der Waals surface area contributed by atoms with Gasteiger partial charge >= 0.3 is 0 Å². The Balaban J connectivity index is 2.29.